The number of benzene rings is 4. The monoisotopic (exact) mass is 627 g/mol. The zero-order valence-electron chi connectivity index (χ0n) is 21.3. The molecule has 0 spiro atoms. The highest BCUT2D eigenvalue weighted by Gasteiger charge is 2.21. The van der Waals surface area contributed by atoms with Crippen LogP contribution in [0.15, 0.2) is 99.2 Å². The average molecular weight is 629 g/mol. The molecule has 3 N–H and O–H groups in total. The molecule has 8 nitrogen and oxygen atoms in total. The molecule has 0 fully saturated rings. The number of sulfonamides is 2. The molecule has 0 saturated heterocycles. The van der Waals surface area contributed by atoms with Gasteiger partial charge in [0.25, 0.3) is 26.0 Å². The summed E-state index contributed by atoms with van der Waals surface area (Å²) >= 11 is 3.30. The molecule has 202 valence electrons. The number of carbonyl (C=O) groups excluding carboxylic acids is 1. The molecule has 0 radical (unpaired) electrons. The van der Waals surface area contributed by atoms with Gasteiger partial charge in [-0.25, -0.2) is 16.8 Å². The van der Waals surface area contributed by atoms with Crippen LogP contribution in [0.2, 0.25) is 0 Å². The van der Waals surface area contributed by atoms with Crippen LogP contribution in [0.4, 0.5) is 17.1 Å². The summed E-state index contributed by atoms with van der Waals surface area (Å²) in [5, 5.41) is 2.68. The summed E-state index contributed by atoms with van der Waals surface area (Å²) in [7, 11) is -7.80. The van der Waals surface area contributed by atoms with Crippen molar-refractivity contribution in [1.82, 2.24) is 0 Å². The first kappa shape index (κ1) is 28.3. The van der Waals surface area contributed by atoms with E-state index in [-0.39, 0.29) is 15.4 Å². The summed E-state index contributed by atoms with van der Waals surface area (Å²) in [6, 6.07) is 22.2. The van der Waals surface area contributed by atoms with Gasteiger partial charge >= 0.3 is 0 Å². The minimum absolute atomic E-state index is 0.0171. The Hall–Kier alpha value is -3.67. The van der Waals surface area contributed by atoms with Gasteiger partial charge in [0.15, 0.2) is 0 Å². The maximum absolute atomic E-state index is 13.2. The van der Waals surface area contributed by atoms with Crippen LogP contribution < -0.4 is 14.8 Å². The molecule has 0 aromatic heterocycles. The molecule has 0 unspecified atom stereocenters. The quantitative estimate of drug-likeness (QED) is 0.214. The third-order valence-corrected chi connectivity index (χ3v) is 9.33. The summed E-state index contributed by atoms with van der Waals surface area (Å²) in [5.74, 6) is -0.540. The summed E-state index contributed by atoms with van der Waals surface area (Å²) in [6.07, 6.45) is 0. The Morgan fingerprint density at radius 2 is 1.28 bits per heavy atom. The van der Waals surface area contributed by atoms with Crippen molar-refractivity contribution in [2.45, 2.75) is 30.6 Å². The lowest BCUT2D eigenvalue weighted by Gasteiger charge is -2.14. The van der Waals surface area contributed by atoms with Gasteiger partial charge in [-0.15, -0.1) is 0 Å². The van der Waals surface area contributed by atoms with Gasteiger partial charge in [-0.05, 0) is 104 Å². The molecule has 0 aliphatic carbocycles. The Morgan fingerprint density at radius 1 is 0.667 bits per heavy atom. The van der Waals surface area contributed by atoms with Gasteiger partial charge < -0.3 is 5.32 Å². The maximum atomic E-state index is 13.2. The highest BCUT2D eigenvalue weighted by atomic mass is 79.9. The van der Waals surface area contributed by atoms with E-state index in [0.29, 0.717) is 22.6 Å². The van der Waals surface area contributed by atoms with Crippen LogP contribution in [0.5, 0.6) is 0 Å². The van der Waals surface area contributed by atoms with Crippen molar-refractivity contribution in [3.8, 4) is 0 Å². The lowest BCUT2D eigenvalue weighted by atomic mass is 10.1. The number of rotatable bonds is 8. The summed E-state index contributed by atoms with van der Waals surface area (Å²) < 4.78 is 57.7. The van der Waals surface area contributed by atoms with E-state index in [4.69, 9.17) is 0 Å². The maximum Gasteiger partial charge on any atom is 0.262 e. The second kappa shape index (κ2) is 11.2. The van der Waals surface area contributed by atoms with Crippen LogP contribution in [-0.2, 0) is 20.0 Å². The van der Waals surface area contributed by atoms with Crippen molar-refractivity contribution in [3.05, 3.63) is 112 Å². The number of amides is 1. The largest absolute Gasteiger partial charge is 0.322 e. The van der Waals surface area contributed by atoms with Gasteiger partial charge in [0.05, 0.1) is 15.5 Å². The highest BCUT2D eigenvalue weighted by molar-refractivity contribution is 9.10. The van der Waals surface area contributed by atoms with Crippen LogP contribution in [0.25, 0.3) is 0 Å². The Kier molecular flexibility index (Phi) is 8.15. The number of aryl methyl sites for hydroxylation is 3. The Labute approximate surface area is 236 Å². The van der Waals surface area contributed by atoms with E-state index >= 15 is 0 Å². The van der Waals surface area contributed by atoms with Crippen molar-refractivity contribution in [2.75, 3.05) is 14.8 Å². The SMILES string of the molecule is Cc1ccc(C)c(NS(=O)(=O)c2cc(C(=O)Nc3ccc(S(=O)(=O)Nc4ccc(Br)cc4)cc3)ccc2C)c1. The van der Waals surface area contributed by atoms with E-state index in [2.05, 4.69) is 30.7 Å². The van der Waals surface area contributed by atoms with Gasteiger partial charge in [0.2, 0.25) is 0 Å². The van der Waals surface area contributed by atoms with E-state index < -0.39 is 26.0 Å². The van der Waals surface area contributed by atoms with E-state index in [1.54, 1.807) is 50.2 Å². The van der Waals surface area contributed by atoms with Crippen LogP contribution in [0.1, 0.15) is 27.0 Å². The van der Waals surface area contributed by atoms with Crippen molar-refractivity contribution in [1.29, 1.82) is 0 Å². The van der Waals surface area contributed by atoms with E-state index in [1.165, 1.54) is 36.4 Å². The molecule has 0 atom stereocenters. The first-order chi connectivity index (χ1) is 18.3. The minimum Gasteiger partial charge on any atom is -0.322 e. The summed E-state index contributed by atoms with van der Waals surface area (Å²) in [6.45, 7) is 5.33. The fourth-order valence-corrected chi connectivity index (χ4v) is 6.45. The second-order valence-electron chi connectivity index (χ2n) is 9.00. The third-order valence-electron chi connectivity index (χ3n) is 5.90. The molecular weight excluding hydrogens is 602 g/mol. The standard InChI is InChI=1S/C28H26BrN3O5S2/c1-18-4-5-19(2)26(16-18)32-39(36,37)27-17-21(7-6-20(27)3)28(33)30-23-12-14-25(15-13-23)38(34,35)31-24-10-8-22(29)9-11-24/h4-17,31-32H,1-3H3,(H,30,33). The van der Waals surface area contributed by atoms with Crippen LogP contribution in [-0.4, -0.2) is 22.7 Å². The molecule has 0 saturated carbocycles. The number of anilines is 3. The topological polar surface area (TPSA) is 121 Å². The van der Waals surface area contributed by atoms with E-state index in [1.807, 2.05) is 19.1 Å². The number of hydrogen-bond donors (Lipinski definition) is 3. The van der Waals surface area contributed by atoms with E-state index in [9.17, 15) is 21.6 Å². The number of carbonyl (C=O) groups is 1. The number of nitrogens with one attached hydrogen (secondary N) is 3. The Balaban J connectivity index is 1.51. The smallest absolute Gasteiger partial charge is 0.262 e. The predicted octanol–water partition coefficient (Wildman–Crippen LogP) is 6.23. The predicted molar refractivity (Wildman–Crippen MR) is 157 cm³/mol. The van der Waals surface area contributed by atoms with Gasteiger partial charge in [-0.3, -0.25) is 14.2 Å². The zero-order chi connectivity index (χ0) is 28.4. The fraction of sp³-hybridized carbons (Fsp3) is 0.107. The molecule has 11 heteroatoms. The molecule has 1 amide bonds. The molecule has 39 heavy (non-hydrogen) atoms. The second-order valence-corrected chi connectivity index (χ2v) is 13.2. The number of halogens is 1. The average Bonchev–Trinajstić information content (AvgIpc) is 2.88. The molecule has 4 rings (SSSR count). The van der Waals surface area contributed by atoms with Crippen molar-refractivity contribution >= 4 is 58.9 Å². The molecular formula is C28H26BrN3O5S2. The highest BCUT2D eigenvalue weighted by Crippen LogP contribution is 2.25. The first-order valence-corrected chi connectivity index (χ1v) is 15.5. The Morgan fingerprint density at radius 3 is 1.95 bits per heavy atom. The van der Waals surface area contributed by atoms with Gasteiger partial charge in [-0.1, -0.05) is 34.1 Å². The van der Waals surface area contributed by atoms with Crippen molar-refractivity contribution in [2.24, 2.45) is 0 Å². The minimum atomic E-state index is -3.97. The Bertz CT molecular complexity index is 1750. The molecule has 0 aliphatic rings. The van der Waals surface area contributed by atoms with Crippen LogP contribution >= 0.6 is 15.9 Å². The third kappa shape index (κ3) is 6.86. The molecule has 0 heterocycles. The molecule has 4 aromatic carbocycles. The lowest BCUT2D eigenvalue weighted by molar-refractivity contribution is 0.102. The summed E-state index contributed by atoms with van der Waals surface area (Å²) in [4.78, 5) is 13.0. The molecule has 0 bridgehead atoms. The van der Waals surface area contributed by atoms with Gasteiger partial charge in [0.1, 0.15) is 0 Å². The van der Waals surface area contributed by atoms with Crippen LogP contribution in [0.3, 0.4) is 0 Å². The first-order valence-electron chi connectivity index (χ1n) is 11.7. The van der Waals surface area contributed by atoms with E-state index in [0.717, 1.165) is 15.6 Å². The molecule has 0 aliphatic heterocycles. The van der Waals surface area contributed by atoms with Gasteiger partial charge in [-0.2, -0.15) is 0 Å². The van der Waals surface area contributed by atoms with Crippen molar-refractivity contribution in [3.63, 3.8) is 0 Å². The number of hydrogen-bond acceptors (Lipinski definition) is 5. The molecule has 4 aromatic rings. The van der Waals surface area contributed by atoms with Crippen molar-refractivity contribution < 1.29 is 21.6 Å². The lowest BCUT2D eigenvalue weighted by Crippen LogP contribution is -2.18. The fourth-order valence-electron chi connectivity index (χ4n) is 3.73. The normalized spacial score (nSPS) is 11.6. The summed E-state index contributed by atoms with van der Waals surface area (Å²) in [5.41, 5.74) is 3.52. The van der Waals surface area contributed by atoms with Crippen LogP contribution in [0, 0.1) is 20.8 Å². The zero-order valence-corrected chi connectivity index (χ0v) is 24.5. The van der Waals surface area contributed by atoms with Gasteiger partial charge in [0, 0.05) is 21.4 Å².